The second-order valence-corrected chi connectivity index (χ2v) is 8.61. The molecule has 35 heavy (non-hydrogen) atoms. The minimum absolute atomic E-state index is 0.198. The van der Waals surface area contributed by atoms with E-state index in [1.807, 2.05) is 66.7 Å². The van der Waals surface area contributed by atoms with Crippen molar-refractivity contribution in [2.24, 2.45) is 0 Å². The number of nitrogens with zero attached hydrogens (tertiary/aromatic N) is 5. The van der Waals surface area contributed by atoms with Crippen molar-refractivity contribution in [1.29, 1.82) is 5.26 Å². The number of rotatable bonds is 5. The second kappa shape index (κ2) is 9.92. The monoisotopic (exact) mass is 463 g/mol. The molecule has 1 fully saturated rings. The number of hydrogen-bond donors (Lipinski definition) is 0. The molecule has 0 spiro atoms. The summed E-state index contributed by atoms with van der Waals surface area (Å²) in [7, 11) is 0. The Kier molecular flexibility index (Phi) is 6.38. The van der Waals surface area contributed by atoms with Gasteiger partial charge in [-0.2, -0.15) is 10.4 Å². The van der Waals surface area contributed by atoms with Crippen molar-refractivity contribution in [3.05, 3.63) is 112 Å². The van der Waals surface area contributed by atoms with Crippen molar-refractivity contribution in [2.75, 3.05) is 26.2 Å². The van der Waals surface area contributed by atoms with E-state index in [0.29, 0.717) is 43.5 Å². The van der Waals surface area contributed by atoms with E-state index in [4.69, 9.17) is 0 Å². The molecule has 0 bridgehead atoms. The van der Waals surface area contributed by atoms with Crippen LogP contribution in [0.4, 0.5) is 0 Å². The van der Waals surface area contributed by atoms with Gasteiger partial charge in [0, 0.05) is 31.6 Å². The predicted molar refractivity (Wildman–Crippen MR) is 134 cm³/mol. The van der Waals surface area contributed by atoms with Crippen LogP contribution in [0, 0.1) is 11.3 Å². The first-order chi connectivity index (χ1) is 17.2. The van der Waals surface area contributed by atoms with Gasteiger partial charge in [-0.05, 0) is 17.2 Å². The van der Waals surface area contributed by atoms with Crippen molar-refractivity contribution in [2.45, 2.75) is 12.6 Å². The van der Waals surface area contributed by atoms with E-state index in [1.54, 1.807) is 23.1 Å². The van der Waals surface area contributed by atoms with Crippen molar-refractivity contribution in [3.8, 4) is 6.07 Å². The lowest BCUT2D eigenvalue weighted by molar-refractivity contribution is 0.0600. The van der Waals surface area contributed by atoms with Crippen LogP contribution >= 0.6 is 0 Å². The van der Waals surface area contributed by atoms with Crippen LogP contribution in [0.15, 0.2) is 89.7 Å². The van der Waals surface area contributed by atoms with E-state index in [1.165, 1.54) is 4.68 Å². The number of fused-ring (bicyclic) bond motifs is 1. The summed E-state index contributed by atoms with van der Waals surface area (Å²) in [6.45, 7) is 2.43. The molecule has 1 amide bonds. The molecule has 0 saturated carbocycles. The number of nitriles is 1. The average molecular weight is 464 g/mol. The highest BCUT2D eigenvalue weighted by Crippen LogP contribution is 2.23. The smallest absolute Gasteiger partial charge is 0.275 e. The van der Waals surface area contributed by atoms with Gasteiger partial charge in [-0.25, -0.2) is 4.68 Å². The molecule has 1 aromatic heterocycles. The molecular weight excluding hydrogens is 438 g/mol. The Hall–Kier alpha value is -4.28. The molecule has 0 unspecified atom stereocenters. The first kappa shape index (κ1) is 22.5. The number of hydrogen-bond acceptors (Lipinski definition) is 5. The van der Waals surface area contributed by atoms with Crippen LogP contribution in [0.1, 0.15) is 27.7 Å². The van der Waals surface area contributed by atoms with Crippen molar-refractivity contribution in [1.82, 2.24) is 19.6 Å². The van der Waals surface area contributed by atoms with Crippen LogP contribution in [-0.4, -0.2) is 51.7 Å². The molecule has 0 N–H and O–H groups in total. The highest BCUT2D eigenvalue weighted by atomic mass is 16.2. The Balaban J connectivity index is 1.41. The predicted octanol–water partition coefficient (Wildman–Crippen LogP) is 3.47. The topological polar surface area (TPSA) is 82.2 Å². The fraction of sp³-hybridized carbons (Fsp3) is 0.214. The molecule has 1 aliphatic heterocycles. The third-order valence-electron chi connectivity index (χ3n) is 6.45. The molecule has 1 saturated heterocycles. The van der Waals surface area contributed by atoms with Crippen molar-refractivity contribution >= 4 is 16.7 Å². The van der Waals surface area contributed by atoms with Gasteiger partial charge in [-0.3, -0.25) is 14.5 Å². The normalized spacial score (nSPS) is 15.0. The molecule has 7 nitrogen and oxygen atoms in total. The summed E-state index contributed by atoms with van der Waals surface area (Å²) >= 11 is 0. The van der Waals surface area contributed by atoms with Crippen LogP contribution in [0.3, 0.4) is 0 Å². The van der Waals surface area contributed by atoms with E-state index in [2.05, 4.69) is 16.1 Å². The Morgan fingerprint density at radius 1 is 0.857 bits per heavy atom. The van der Waals surface area contributed by atoms with Crippen molar-refractivity contribution in [3.63, 3.8) is 0 Å². The van der Waals surface area contributed by atoms with Gasteiger partial charge >= 0.3 is 0 Å². The minimum Gasteiger partial charge on any atom is -0.335 e. The molecule has 1 atom stereocenters. The Labute approximate surface area is 203 Å². The Morgan fingerprint density at radius 3 is 2.11 bits per heavy atom. The zero-order chi connectivity index (χ0) is 24.2. The fourth-order valence-corrected chi connectivity index (χ4v) is 4.59. The van der Waals surface area contributed by atoms with E-state index in [0.717, 1.165) is 11.1 Å². The summed E-state index contributed by atoms with van der Waals surface area (Å²) in [6.07, 6.45) is 0. The lowest BCUT2D eigenvalue weighted by atomic mass is 10.1. The van der Waals surface area contributed by atoms with E-state index in [9.17, 15) is 14.9 Å². The molecule has 4 aromatic rings. The molecule has 0 radical (unpaired) electrons. The second-order valence-electron chi connectivity index (χ2n) is 8.61. The van der Waals surface area contributed by atoms with Gasteiger partial charge in [-0.1, -0.05) is 78.9 Å². The summed E-state index contributed by atoms with van der Waals surface area (Å²) in [6, 6.07) is 28.5. The first-order valence-electron chi connectivity index (χ1n) is 11.7. The fourth-order valence-electron chi connectivity index (χ4n) is 4.59. The molecular formula is C28H25N5O2. The zero-order valence-electron chi connectivity index (χ0n) is 19.2. The minimum atomic E-state index is -0.347. The highest BCUT2D eigenvalue weighted by molar-refractivity contribution is 6.04. The molecule has 5 rings (SSSR count). The number of carbonyl (C=O) groups is 1. The number of piperazine rings is 1. The van der Waals surface area contributed by atoms with Gasteiger partial charge in [0.05, 0.1) is 18.0 Å². The van der Waals surface area contributed by atoms with E-state index >= 15 is 0 Å². The third-order valence-corrected chi connectivity index (χ3v) is 6.45. The van der Waals surface area contributed by atoms with E-state index in [-0.39, 0.29) is 23.2 Å². The largest absolute Gasteiger partial charge is 0.335 e. The number of carbonyl (C=O) groups excluding carboxylic acids is 1. The molecule has 3 aromatic carbocycles. The van der Waals surface area contributed by atoms with Gasteiger partial charge in [0.15, 0.2) is 5.69 Å². The molecule has 1 aliphatic rings. The number of benzene rings is 3. The maximum atomic E-state index is 13.6. The first-order valence-corrected chi connectivity index (χ1v) is 11.7. The maximum absolute atomic E-state index is 13.6. The van der Waals surface area contributed by atoms with Crippen LogP contribution in [-0.2, 0) is 6.54 Å². The maximum Gasteiger partial charge on any atom is 0.275 e. The Morgan fingerprint density at radius 2 is 1.46 bits per heavy atom. The van der Waals surface area contributed by atoms with Crippen LogP contribution in [0.25, 0.3) is 10.8 Å². The third kappa shape index (κ3) is 4.57. The molecule has 0 aliphatic carbocycles. The zero-order valence-corrected chi connectivity index (χ0v) is 19.2. The SMILES string of the molecule is N#C[C@@H](c1ccccc1)N1CCN(C(=O)c2nn(Cc3ccccc3)c(=O)c3ccccc23)CC1. The lowest BCUT2D eigenvalue weighted by Crippen LogP contribution is -2.50. The standard InChI is InChI=1S/C28H25N5O2/c29-19-25(22-11-5-2-6-12-22)31-15-17-32(18-16-31)28(35)26-23-13-7-8-14-24(23)27(34)33(30-26)20-21-9-3-1-4-10-21/h1-14,25H,15-18,20H2/t25-/m0/s1. The summed E-state index contributed by atoms with van der Waals surface area (Å²) in [5.41, 5.74) is 1.96. The summed E-state index contributed by atoms with van der Waals surface area (Å²) in [5, 5.41) is 15.3. The lowest BCUT2D eigenvalue weighted by Gasteiger charge is -2.37. The van der Waals surface area contributed by atoms with E-state index < -0.39 is 0 Å². The number of amides is 1. The van der Waals surface area contributed by atoms with Gasteiger partial charge in [0.2, 0.25) is 0 Å². The highest BCUT2D eigenvalue weighted by Gasteiger charge is 2.29. The van der Waals surface area contributed by atoms with Crippen LogP contribution in [0.2, 0.25) is 0 Å². The van der Waals surface area contributed by atoms with Crippen LogP contribution < -0.4 is 5.56 Å². The quantitative estimate of drug-likeness (QED) is 0.453. The summed E-state index contributed by atoms with van der Waals surface area (Å²) < 4.78 is 1.38. The molecule has 174 valence electrons. The van der Waals surface area contributed by atoms with Crippen molar-refractivity contribution < 1.29 is 4.79 Å². The van der Waals surface area contributed by atoms with Gasteiger partial charge in [-0.15, -0.1) is 0 Å². The average Bonchev–Trinajstić information content (AvgIpc) is 2.92. The molecule has 2 heterocycles. The molecule has 7 heteroatoms. The van der Waals surface area contributed by atoms with Gasteiger partial charge in [0.25, 0.3) is 11.5 Å². The Bertz CT molecular complexity index is 1440. The summed E-state index contributed by atoms with van der Waals surface area (Å²) in [4.78, 5) is 30.6. The van der Waals surface area contributed by atoms with Gasteiger partial charge < -0.3 is 4.90 Å². The van der Waals surface area contributed by atoms with Crippen LogP contribution in [0.5, 0.6) is 0 Å². The summed E-state index contributed by atoms with van der Waals surface area (Å²) in [5.74, 6) is -0.198. The number of aromatic nitrogens is 2. The van der Waals surface area contributed by atoms with Gasteiger partial charge in [0.1, 0.15) is 6.04 Å².